The Morgan fingerprint density at radius 1 is 1.30 bits per heavy atom. The van der Waals surface area contributed by atoms with Crippen molar-refractivity contribution < 1.29 is 24.0 Å². The number of hydrogen-bond donors (Lipinski definition) is 5. The summed E-state index contributed by atoms with van der Waals surface area (Å²) >= 11 is 0. The van der Waals surface area contributed by atoms with Crippen LogP contribution in [0.5, 0.6) is 0 Å². The number of aliphatic hydroxyl groups excluding tert-OH is 1. The number of ether oxygens (including phenoxy) is 2. The van der Waals surface area contributed by atoms with Crippen LogP contribution in [0.4, 0.5) is 17.3 Å². The van der Waals surface area contributed by atoms with Crippen LogP contribution in [-0.4, -0.2) is 71.9 Å². The monoisotopic (exact) mass is 586 g/mol. The fourth-order valence-corrected chi connectivity index (χ4v) is 4.72. The summed E-state index contributed by atoms with van der Waals surface area (Å²) in [4.78, 5) is 19.3. The molecule has 0 saturated carbocycles. The minimum absolute atomic E-state index is 0.0857. The first-order chi connectivity index (χ1) is 19.2. The molecule has 0 aliphatic carbocycles. The van der Waals surface area contributed by atoms with E-state index in [1.54, 1.807) is 12.4 Å². The van der Waals surface area contributed by atoms with E-state index in [9.17, 15) is 0 Å². The van der Waals surface area contributed by atoms with Gasteiger partial charge in [0.2, 0.25) is 9.03 Å². The minimum Gasteiger partial charge on any atom is -0.458 e. The van der Waals surface area contributed by atoms with Crippen LogP contribution < -0.4 is 21.3 Å². The largest absolute Gasteiger partial charge is 0.458 e. The zero-order chi connectivity index (χ0) is 30.0. The lowest BCUT2D eigenvalue weighted by Gasteiger charge is -2.27. The van der Waals surface area contributed by atoms with Crippen molar-refractivity contribution in [2.75, 3.05) is 49.0 Å². The Bertz CT molecular complexity index is 832. The molecule has 1 fully saturated rings. The van der Waals surface area contributed by atoms with Crippen molar-refractivity contribution >= 4 is 26.4 Å². The normalized spacial score (nSPS) is 19.2. The van der Waals surface area contributed by atoms with Gasteiger partial charge in [0.05, 0.1) is 25.1 Å². The second kappa shape index (κ2) is 20.2. The number of aliphatic hydroxyl groups is 1. The van der Waals surface area contributed by atoms with Gasteiger partial charge in [-0.15, -0.1) is 0 Å². The maximum Gasteiger partial charge on any atom is 0.211 e. The van der Waals surface area contributed by atoms with Gasteiger partial charge >= 0.3 is 0 Å². The van der Waals surface area contributed by atoms with Crippen molar-refractivity contribution in [3.05, 3.63) is 18.7 Å². The maximum absolute atomic E-state index is 7.95. The number of nitrogens with zero attached hydrogens (tertiary/aromatic N) is 3. The molecule has 232 valence electrons. The first-order valence-electron chi connectivity index (χ1n) is 14.4. The third-order valence-corrected chi connectivity index (χ3v) is 6.92. The Morgan fingerprint density at radius 2 is 2.05 bits per heavy atom. The number of anilines is 3. The van der Waals surface area contributed by atoms with Gasteiger partial charge in [-0.05, 0) is 70.3 Å². The Kier molecular flexibility index (Phi) is 18.3. The van der Waals surface area contributed by atoms with Gasteiger partial charge in [-0.3, -0.25) is 0 Å². The summed E-state index contributed by atoms with van der Waals surface area (Å²) in [6, 6.07) is 0. The molecule has 3 heterocycles. The smallest absolute Gasteiger partial charge is 0.211 e. The molecular weight excluding hydrogens is 531 g/mol. The van der Waals surface area contributed by atoms with Gasteiger partial charge < -0.3 is 45.3 Å². The van der Waals surface area contributed by atoms with Gasteiger partial charge in [0.25, 0.3) is 0 Å². The van der Waals surface area contributed by atoms with Crippen molar-refractivity contribution in [3.63, 3.8) is 0 Å². The number of allylic oxidation sites excluding steroid dienone is 1. The quantitative estimate of drug-likeness (QED) is 0.142. The fourth-order valence-electron chi connectivity index (χ4n) is 4.52. The van der Waals surface area contributed by atoms with E-state index in [1.807, 2.05) is 6.92 Å². The Morgan fingerprint density at radius 3 is 2.67 bits per heavy atom. The summed E-state index contributed by atoms with van der Waals surface area (Å²) in [6.07, 6.45) is 11.8. The molecule has 40 heavy (non-hydrogen) atoms. The molecule has 12 heteroatoms. The lowest BCUT2D eigenvalue weighted by Crippen LogP contribution is -2.35. The van der Waals surface area contributed by atoms with Gasteiger partial charge in [0, 0.05) is 20.3 Å². The van der Waals surface area contributed by atoms with Crippen molar-refractivity contribution in [2.45, 2.75) is 98.5 Å². The van der Waals surface area contributed by atoms with E-state index in [1.165, 1.54) is 6.26 Å². The summed E-state index contributed by atoms with van der Waals surface area (Å²) in [5.41, 5.74) is 6.65. The van der Waals surface area contributed by atoms with Gasteiger partial charge in [0.1, 0.15) is 18.2 Å². The highest BCUT2D eigenvalue weighted by atomic mass is 31.1. The molecule has 0 bridgehead atoms. The predicted octanol–water partition coefficient (Wildman–Crippen LogP) is 4.84. The molecular formula is C28H55N6O5P. The van der Waals surface area contributed by atoms with E-state index >= 15 is 0 Å². The molecule has 11 nitrogen and oxygen atoms in total. The summed E-state index contributed by atoms with van der Waals surface area (Å²) in [7, 11) is 0.578. The molecule has 1 aromatic heterocycles. The summed E-state index contributed by atoms with van der Waals surface area (Å²) in [5, 5.41) is 14.0. The first-order valence-corrected chi connectivity index (χ1v) is 15.2. The summed E-state index contributed by atoms with van der Waals surface area (Å²) in [5.74, 6) is 2.45. The molecule has 2 aliphatic heterocycles. The highest BCUT2D eigenvalue weighted by Crippen LogP contribution is 2.39. The number of hydrogen-bond acceptors (Lipinski definition) is 11. The lowest BCUT2D eigenvalue weighted by atomic mass is 9.89. The molecule has 0 spiro atoms. The molecule has 2 aliphatic rings. The van der Waals surface area contributed by atoms with Crippen molar-refractivity contribution in [1.82, 2.24) is 9.97 Å². The highest BCUT2D eigenvalue weighted by Gasteiger charge is 2.35. The van der Waals surface area contributed by atoms with Crippen LogP contribution in [0.1, 0.15) is 80.1 Å². The Balaban J connectivity index is 0.000000885. The van der Waals surface area contributed by atoms with Crippen molar-refractivity contribution in [3.8, 4) is 0 Å². The van der Waals surface area contributed by atoms with Gasteiger partial charge in [-0.2, -0.15) is 0 Å². The van der Waals surface area contributed by atoms with Gasteiger partial charge in [0.15, 0.2) is 11.6 Å². The predicted molar refractivity (Wildman–Crippen MR) is 166 cm³/mol. The maximum atomic E-state index is 7.95. The average molecular weight is 587 g/mol. The molecule has 6 N–H and O–H groups in total. The molecule has 3 rings (SSSR count). The van der Waals surface area contributed by atoms with E-state index in [0.29, 0.717) is 18.7 Å². The third kappa shape index (κ3) is 13.3. The van der Waals surface area contributed by atoms with Crippen LogP contribution in [0.15, 0.2) is 18.7 Å². The molecule has 0 radical (unpaired) electrons. The summed E-state index contributed by atoms with van der Waals surface area (Å²) in [6.45, 7) is 16.0. The second-order valence-corrected chi connectivity index (χ2v) is 11.6. The topological polar surface area (TPSA) is 147 Å². The molecule has 0 amide bonds. The van der Waals surface area contributed by atoms with Crippen LogP contribution in [0.2, 0.25) is 0 Å². The zero-order valence-electron chi connectivity index (χ0n) is 25.7. The number of fused-ring (bicyclic) bond motifs is 1. The van der Waals surface area contributed by atoms with Crippen molar-refractivity contribution in [2.24, 2.45) is 17.1 Å². The standard InChI is InChI=1S/C24H44N6O2.C3H7O2P.CH4O/c1-17(2)13-19-8-9-20(32-19)30-16-29-21-22(27-15-28-23(21)30)26-14-24(4,5)10-12-31-18(3)7-6-11-25;1-2-3-5-6-4;1-2/h15,17-20,29H,6-14,16,25H2,1-5H3,(H,26,27,28);2-4,6H,1H3;2H,1H3/t18?,19-,20?;;/m0../s1. The van der Waals surface area contributed by atoms with Crippen LogP contribution in [0, 0.1) is 11.3 Å². The fraction of sp³-hybridized carbons (Fsp3) is 0.786. The van der Waals surface area contributed by atoms with E-state index in [0.717, 1.165) is 82.7 Å². The van der Waals surface area contributed by atoms with E-state index < -0.39 is 9.03 Å². The van der Waals surface area contributed by atoms with Crippen LogP contribution in [-0.2, 0) is 14.0 Å². The minimum atomic E-state index is -0.422. The molecule has 0 aromatic carbocycles. The van der Waals surface area contributed by atoms with E-state index in [4.69, 9.17) is 25.2 Å². The van der Waals surface area contributed by atoms with E-state index in [-0.39, 0.29) is 17.7 Å². The Labute approximate surface area is 243 Å². The zero-order valence-corrected chi connectivity index (χ0v) is 26.7. The third-order valence-electron chi connectivity index (χ3n) is 6.68. The second-order valence-electron chi connectivity index (χ2n) is 11.2. The molecule has 4 atom stereocenters. The molecule has 1 saturated heterocycles. The van der Waals surface area contributed by atoms with Crippen LogP contribution in [0.3, 0.4) is 0 Å². The number of rotatable bonds is 15. The summed E-state index contributed by atoms with van der Waals surface area (Å²) < 4.78 is 16.7. The average Bonchev–Trinajstić information content (AvgIpc) is 3.57. The van der Waals surface area contributed by atoms with Gasteiger partial charge in [-0.1, -0.05) is 33.8 Å². The van der Waals surface area contributed by atoms with Crippen LogP contribution in [0.25, 0.3) is 0 Å². The number of nitrogens with one attached hydrogen (secondary N) is 2. The number of nitrogens with two attached hydrogens (primary N) is 1. The Hall–Kier alpha value is -1.75. The van der Waals surface area contributed by atoms with Crippen molar-refractivity contribution in [1.29, 1.82) is 0 Å². The lowest BCUT2D eigenvalue weighted by molar-refractivity contribution is 0.0332. The number of aromatic nitrogens is 2. The SMILES string of the molecule is CC(C)C[C@@H]1CCC(N2CNc3c(NCC(C)(C)CCOC(C)CCCN)ncnc32)O1.CC=COPO.CO. The van der Waals surface area contributed by atoms with Crippen LogP contribution >= 0.6 is 9.03 Å². The van der Waals surface area contributed by atoms with Gasteiger partial charge in [-0.25, -0.2) is 9.97 Å². The molecule has 3 unspecified atom stereocenters. The van der Waals surface area contributed by atoms with E-state index in [2.05, 4.69) is 64.6 Å². The molecule has 1 aromatic rings. The highest BCUT2D eigenvalue weighted by molar-refractivity contribution is 7.25. The first kappa shape index (κ1) is 36.3.